The van der Waals surface area contributed by atoms with Crippen molar-refractivity contribution in [2.45, 2.75) is 75.9 Å². The van der Waals surface area contributed by atoms with Crippen LogP contribution in [0.1, 0.15) is 61.5 Å². The Morgan fingerprint density at radius 1 is 1.04 bits per heavy atom. The average molecular weight is 724 g/mol. The maximum absolute atomic E-state index is 14.3. The zero-order chi connectivity index (χ0) is 36.6. The van der Waals surface area contributed by atoms with Gasteiger partial charge >= 0.3 is 6.18 Å². The fourth-order valence-corrected chi connectivity index (χ4v) is 6.81. The van der Waals surface area contributed by atoms with E-state index in [1.165, 1.54) is 35.2 Å². The number of likely N-dealkylation sites (N-methyl/N-ethyl adjacent to an activating group) is 1. The summed E-state index contributed by atoms with van der Waals surface area (Å²) in [6.07, 6.45) is -2.91. The number of carbonyl (C=O) groups is 1. The molecule has 1 amide bonds. The molecule has 0 aromatic heterocycles. The van der Waals surface area contributed by atoms with Gasteiger partial charge in [0.05, 0.1) is 40.9 Å². The molecule has 9 nitrogen and oxygen atoms in total. The molecule has 2 N–H and O–H groups in total. The van der Waals surface area contributed by atoms with Gasteiger partial charge in [0.1, 0.15) is 11.6 Å². The Labute approximate surface area is 291 Å². The normalized spacial score (nSPS) is 20.5. The number of aliphatic hydroxyl groups excluding tert-OH is 1. The van der Waals surface area contributed by atoms with E-state index in [4.69, 9.17) is 9.47 Å². The first-order valence-corrected chi connectivity index (χ1v) is 18.0. The molecule has 1 aliphatic heterocycles. The van der Waals surface area contributed by atoms with Crippen LogP contribution in [0.4, 0.5) is 23.2 Å². The Hall–Kier alpha value is -3.72. The van der Waals surface area contributed by atoms with E-state index in [-0.39, 0.29) is 53.2 Å². The molecule has 0 spiro atoms. The number of sulfonamides is 1. The zero-order valence-corrected chi connectivity index (χ0v) is 29.4. The van der Waals surface area contributed by atoms with E-state index in [2.05, 4.69) is 4.72 Å². The largest absolute Gasteiger partial charge is 0.490 e. The third-order valence-corrected chi connectivity index (χ3v) is 10.1. The Balaban J connectivity index is 1.61. The molecular weight excluding hydrogens is 678 g/mol. The van der Waals surface area contributed by atoms with Gasteiger partial charge in [-0.15, -0.1) is 0 Å². The van der Waals surface area contributed by atoms with Crippen LogP contribution in [0.2, 0.25) is 0 Å². The van der Waals surface area contributed by atoms with Crippen molar-refractivity contribution in [3.8, 4) is 5.75 Å². The van der Waals surface area contributed by atoms with Crippen LogP contribution in [-0.4, -0.2) is 80.8 Å². The number of hydrogen-bond donors (Lipinski definition) is 2. The molecule has 0 bridgehead atoms. The van der Waals surface area contributed by atoms with Crippen LogP contribution in [0, 0.1) is 11.7 Å². The zero-order valence-electron chi connectivity index (χ0n) is 28.6. The van der Waals surface area contributed by atoms with Crippen LogP contribution in [0.3, 0.4) is 0 Å². The summed E-state index contributed by atoms with van der Waals surface area (Å²) in [5.74, 6) is -1.07. The topological polar surface area (TPSA) is 108 Å². The molecule has 0 saturated heterocycles. The molecule has 14 heteroatoms. The van der Waals surface area contributed by atoms with Gasteiger partial charge in [0.15, 0.2) is 0 Å². The number of hydrogen-bond acceptors (Lipinski definition) is 7. The summed E-state index contributed by atoms with van der Waals surface area (Å²) in [5, 5.41) is 10.2. The molecule has 0 aliphatic carbocycles. The molecule has 0 fully saturated rings. The number of benzene rings is 3. The standard InChI is InChI=1S/C36H45F4N3O6S/c1-24-20-43(25(2)23-44)35(45)32-19-30(41-50(46,47)31-15-12-29(37)13-16-31)14-17-33(32)49-26(3)7-5-6-18-48-34(24)22-42(4)21-27-8-10-28(11-9-27)36(38,39)40/h8-17,19,24-26,34,41,44H,5-7,18,20-23H2,1-4H3/t24-,25+,26-,34-/m1/s1. The van der Waals surface area contributed by atoms with Gasteiger partial charge < -0.3 is 19.5 Å². The minimum atomic E-state index is -4.42. The second kappa shape index (κ2) is 17.0. The first-order chi connectivity index (χ1) is 23.6. The summed E-state index contributed by atoms with van der Waals surface area (Å²) in [4.78, 5) is 17.6. The number of fused-ring (bicyclic) bond motifs is 1. The number of rotatable bonds is 9. The molecular formula is C36H45F4N3O6S. The van der Waals surface area contributed by atoms with Crippen LogP contribution in [0.15, 0.2) is 71.6 Å². The molecule has 274 valence electrons. The Morgan fingerprint density at radius 2 is 1.72 bits per heavy atom. The van der Waals surface area contributed by atoms with Crippen molar-refractivity contribution in [2.24, 2.45) is 5.92 Å². The number of anilines is 1. The number of halogens is 4. The number of ether oxygens (including phenoxy) is 2. The first-order valence-electron chi connectivity index (χ1n) is 16.5. The first kappa shape index (κ1) is 39.1. The van der Waals surface area contributed by atoms with Crippen LogP contribution in [0.5, 0.6) is 5.75 Å². The lowest BCUT2D eigenvalue weighted by molar-refractivity contribution is -0.137. The predicted molar refractivity (Wildman–Crippen MR) is 182 cm³/mol. The van der Waals surface area contributed by atoms with Crippen molar-refractivity contribution in [1.82, 2.24) is 9.80 Å². The molecule has 1 aliphatic rings. The van der Waals surface area contributed by atoms with Gasteiger partial charge in [0, 0.05) is 37.8 Å². The molecule has 50 heavy (non-hydrogen) atoms. The Bertz CT molecular complexity index is 1670. The van der Waals surface area contributed by atoms with Crippen molar-refractivity contribution >= 4 is 21.6 Å². The minimum absolute atomic E-state index is 0.0922. The highest BCUT2D eigenvalue weighted by atomic mass is 32.2. The van der Waals surface area contributed by atoms with Crippen molar-refractivity contribution in [3.05, 3.63) is 89.2 Å². The van der Waals surface area contributed by atoms with Gasteiger partial charge in [-0.05, 0) is 100 Å². The average Bonchev–Trinajstić information content (AvgIpc) is 3.06. The highest BCUT2D eigenvalue weighted by molar-refractivity contribution is 7.92. The number of nitrogens with zero attached hydrogens (tertiary/aromatic N) is 2. The third-order valence-electron chi connectivity index (χ3n) is 8.65. The van der Waals surface area contributed by atoms with E-state index in [1.807, 2.05) is 25.8 Å². The van der Waals surface area contributed by atoms with Crippen LogP contribution in [-0.2, 0) is 27.5 Å². The maximum Gasteiger partial charge on any atom is 0.416 e. The highest BCUT2D eigenvalue weighted by Gasteiger charge is 2.32. The lowest BCUT2D eigenvalue weighted by atomic mass is 10.0. The summed E-state index contributed by atoms with van der Waals surface area (Å²) < 4.78 is 93.8. The van der Waals surface area contributed by atoms with Crippen molar-refractivity contribution < 1.29 is 45.4 Å². The Kier molecular flexibility index (Phi) is 13.3. The number of carbonyl (C=O) groups excluding carboxylic acids is 1. The molecule has 1 heterocycles. The monoisotopic (exact) mass is 723 g/mol. The molecule has 0 saturated carbocycles. The van der Waals surface area contributed by atoms with Gasteiger partial charge in [0.25, 0.3) is 15.9 Å². The molecule has 4 rings (SSSR count). The van der Waals surface area contributed by atoms with Gasteiger partial charge in [0.2, 0.25) is 0 Å². The molecule has 3 aromatic rings. The van der Waals surface area contributed by atoms with E-state index < -0.39 is 39.5 Å². The Morgan fingerprint density at radius 3 is 2.36 bits per heavy atom. The van der Waals surface area contributed by atoms with Crippen molar-refractivity contribution in [2.75, 3.05) is 38.1 Å². The minimum Gasteiger partial charge on any atom is -0.490 e. The predicted octanol–water partition coefficient (Wildman–Crippen LogP) is 6.57. The number of amides is 1. The van der Waals surface area contributed by atoms with Crippen molar-refractivity contribution in [3.63, 3.8) is 0 Å². The van der Waals surface area contributed by atoms with E-state index in [0.717, 1.165) is 49.2 Å². The molecule has 0 unspecified atom stereocenters. The summed E-state index contributed by atoms with van der Waals surface area (Å²) in [6, 6.07) is 13.2. The highest BCUT2D eigenvalue weighted by Crippen LogP contribution is 2.31. The lowest BCUT2D eigenvalue weighted by Gasteiger charge is -2.36. The number of aliphatic hydroxyl groups is 1. The van der Waals surface area contributed by atoms with Gasteiger partial charge in [-0.3, -0.25) is 14.4 Å². The molecule has 0 radical (unpaired) electrons. The van der Waals surface area contributed by atoms with E-state index >= 15 is 0 Å². The second-order valence-corrected chi connectivity index (χ2v) is 14.6. The SMILES string of the molecule is C[C@@H]1CCCCO[C@H](CN(C)Cc2ccc(C(F)(F)F)cc2)[C@H](C)CN([C@@H](C)CO)C(=O)c2cc(NS(=O)(=O)c3ccc(F)cc3)ccc2O1. The van der Waals surface area contributed by atoms with Gasteiger partial charge in [-0.1, -0.05) is 19.1 Å². The van der Waals surface area contributed by atoms with Crippen LogP contribution < -0.4 is 9.46 Å². The van der Waals surface area contributed by atoms with Crippen LogP contribution >= 0.6 is 0 Å². The number of nitrogens with one attached hydrogen (secondary N) is 1. The molecule has 4 atom stereocenters. The van der Waals surface area contributed by atoms with Crippen molar-refractivity contribution in [1.29, 1.82) is 0 Å². The van der Waals surface area contributed by atoms with E-state index in [1.54, 1.807) is 6.92 Å². The van der Waals surface area contributed by atoms with Gasteiger partial charge in [-0.2, -0.15) is 13.2 Å². The summed E-state index contributed by atoms with van der Waals surface area (Å²) in [7, 11) is -2.27. The summed E-state index contributed by atoms with van der Waals surface area (Å²) in [5.41, 5.74) is 0.178. The van der Waals surface area contributed by atoms with E-state index in [9.17, 15) is 35.9 Å². The fraction of sp³-hybridized carbons (Fsp3) is 0.472. The smallest absolute Gasteiger partial charge is 0.416 e. The quantitative estimate of drug-likeness (QED) is 0.241. The fourth-order valence-electron chi connectivity index (χ4n) is 5.76. The summed E-state index contributed by atoms with van der Waals surface area (Å²) >= 11 is 0. The molecule has 3 aromatic carbocycles. The van der Waals surface area contributed by atoms with Gasteiger partial charge in [-0.25, -0.2) is 12.8 Å². The van der Waals surface area contributed by atoms with E-state index in [0.29, 0.717) is 31.7 Å². The maximum atomic E-state index is 14.3. The second-order valence-electron chi connectivity index (χ2n) is 13.0. The van der Waals surface area contributed by atoms with Crippen LogP contribution in [0.25, 0.3) is 0 Å². The summed E-state index contributed by atoms with van der Waals surface area (Å²) in [6.45, 7) is 6.57. The lowest BCUT2D eigenvalue weighted by Crippen LogP contribution is -2.47. The number of alkyl halides is 3. The third kappa shape index (κ3) is 10.6.